The fourth-order valence-corrected chi connectivity index (χ4v) is 2.97. The van der Waals surface area contributed by atoms with E-state index in [0.717, 1.165) is 11.1 Å². The van der Waals surface area contributed by atoms with Crippen LogP contribution in [0.5, 0.6) is 5.75 Å². The van der Waals surface area contributed by atoms with Crippen molar-refractivity contribution in [2.45, 2.75) is 20.0 Å². The van der Waals surface area contributed by atoms with E-state index in [-0.39, 0.29) is 0 Å². The van der Waals surface area contributed by atoms with Crippen LogP contribution in [0.3, 0.4) is 0 Å². The minimum atomic E-state index is -1.10. The minimum Gasteiger partial charge on any atom is -0.495 e. The Hall–Kier alpha value is -3.60. The molecule has 0 aliphatic rings. The van der Waals surface area contributed by atoms with E-state index in [2.05, 4.69) is 5.32 Å². The molecule has 0 unspecified atom stereocenters. The van der Waals surface area contributed by atoms with Crippen molar-refractivity contribution < 1.29 is 19.1 Å². The first-order valence-electron chi connectivity index (χ1n) is 9.26. The van der Waals surface area contributed by atoms with E-state index < -0.39 is 18.0 Å². The van der Waals surface area contributed by atoms with E-state index in [1.165, 1.54) is 7.11 Å². The first-order chi connectivity index (χ1) is 14.0. The van der Waals surface area contributed by atoms with Crippen LogP contribution in [0.25, 0.3) is 0 Å². The summed E-state index contributed by atoms with van der Waals surface area (Å²) < 4.78 is 11.0. The maximum absolute atomic E-state index is 13.1. The standard InChI is InChI=1S/C24H23NO4/c1-16-8-7-11-19(14-16)24(27)29-22(18-9-5-4-6-10-18)23(26)25-20-15-17(2)12-13-21(20)28-3/h4-15,22H,1-3H3,(H,25,26)/t22-/m1/s1. The number of carbonyl (C=O) groups excluding carboxylic acids is 2. The van der Waals surface area contributed by atoms with Gasteiger partial charge in [-0.25, -0.2) is 4.79 Å². The summed E-state index contributed by atoms with van der Waals surface area (Å²) in [6, 6.07) is 21.5. The highest BCUT2D eigenvalue weighted by Crippen LogP contribution is 2.28. The molecule has 0 fully saturated rings. The number of ether oxygens (including phenoxy) is 2. The second-order valence-corrected chi connectivity index (χ2v) is 6.76. The number of aryl methyl sites for hydroxylation is 2. The number of methoxy groups -OCH3 is 1. The molecule has 1 atom stereocenters. The molecule has 3 aromatic rings. The summed E-state index contributed by atoms with van der Waals surface area (Å²) in [5.74, 6) is -0.490. The van der Waals surface area contributed by atoms with Crippen LogP contribution in [0.1, 0.15) is 33.2 Å². The van der Waals surface area contributed by atoms with Crippen molar-refractivity contribution in [2.75, 3.05) is 12.4 Å². The number of carbonyl (C=O) groups is 2. The summed E-state index contributed by atoms with van der Waals surface area (Å²) >= 11 is 0. The quantitative estimate of drug-likeness (QED) is 0.612. The average molecular weight is 389 g/mol. The molecule has 0 saturated carbocycles. The van der Waals surface area contributed by atoms with Gasteiger partial charge in [-0.05, 0) is 43.7 Å². The largest absolute Gasteiger partial charge is 0.495 e. The molecular weight excluding hydrogens is 366 g/mol. The van der Waals surface area contributed by atoms with Crippen LogP contribution in [-0.4, -0.2) is 19.0 Å². The Labute approximate surface area is 170 Å². The SMILES string of the molecule is COc1ccc(C)cc1NC(=O)[C@H](OC(=O)c1cccc(C)c1)c1ccccc1. The van der Waals surface area contributed by atoms with E-state index in [4.69, 9.17) is 9.47 Å². The van der Waals surface area contributed by atoms with Crippen LogP contribution < -0.4 is 10.1 Å². The number of hydrogen-bond acceptors (Lipinski definition) is 4. The lowest BCUT2D eigenvalue weighted by Crippen LogP contribution is -2.26. The number of nitrogens with one attached hydrogen (secondary N) is 1. The summed E-state index contributed by atoms with van der Waals surface area (Å²) in [5, 5.41) is 2.83. The van der Waals surface area contributed by atoms with Crippen LogP contribution >= 0.6 is 0 Å². The monoisotopic (exact) mass is 389 g/mol. The molecule has 3 aromatic carbocycles. The molecule has 29 heavy (non-hydrogen) atoms. The van der Waals surface area contributed by atoms with Crippen LogP contribution in [0.15, 0.2) is 72.8 Å². The number of benzene rings is 3. The van der Waals surface area contributed by atoms with E-state index in [1.54, 1.807) is 54.6 Å². The Kier molecular flexibility index (Phi) is 6.29. The minimum absolute atomic E-state index is 0.395. The highest BCUT2D eigenvalue weighted by molar-refractivity contribution is 5.99. The molecule has 0 spiro atoms. The molecule has 148 valence electrons. The third-order valence-electron chi connectivity index (χ3n) is 4.43. The van der Waals surface area contributed by atoms with Crippen molar-refractivity contribution in [1.82, 2.24) is 0 Å². The van der Waals surface area contributed by atoms with Gasteiger partial charge in [0.2, 0.25) is 6.10 Å². The number of rotatable bonds is 6. The Balaban J connectivity index is 1.89. The second kappa shape index (κ2) is 9.06. The summed E-state index contributed by atoms with van der Waals surface area (Å²) in [6.07, 6.45) is -1.10. The van der Waals surface area contributed by atoms with Crippen molar-refractivity contribution in [1.29, 1.82) is 0 Å². The van der Waals surface area contributed by atoms with Crippen LogP contribution in [0, 0.1) is 13.8 Å². The summed E-state index contributed by atoms with van der Waals surface area (Å²) in [7, 11) is 1.53. The van der Waals surface area contributed by atoms with Crippen LogP contribution in [-0.2, 0) is 9.53 Å². The molecule has 1 amide bonds. The Morgan fingerprint density at radius 3 is 2.28 bits per heavy atom. The zero-order valence-electron chi connectivity index (χ0n) is 16.6. The van der Waals surface area contributed by atoms with Gasteiger partial charge in [0.15, 0.2) is 0 Å². The number of hydrogen-bond donors (Lipinski definition) is 1. The molecule has 1 N–H and O–H groups in total. The van der Waals surface area contributed by atoms with Crippen LogP contribution in [0.2, 0.25) is 0 Å². The fraction of sp³-hybridized carbons (Fsp3) is 0.167. The van der Waals surface area contributed by atoms with E-state index >= 15 is 0 Å². The highest BCUT2D eigenvalue weighted by Gasteiger charge is 2.26. The Bertz CT molecular complexity index is 1010. The molecule has 0 aliphatic heterocycles. The topological polar surface area (TPSA) is 64.6 Å². The molecule has 0 heterocycles. The van der Waals surface area contributed by atoms with Gasteiger partial charge in [-0.1, -0.05) is 54.1 Å². The highest BCUT2D eigenvalue weighted by atomic mass is 16.5. The molecule has 3 rings (SSSR count). The molecule has 0 saturated heterocycles. The van der Waals surface area contributed by atoms with Gasteiger partial charge < -0.3 is 14.8 Å². The summed E-state index contributed by atoms with van der Waals surface area (Å²) in [6.45, 7) is 3.81. The van der Waals surface area contributed by atoms with Gasteiger partial charge in [0.25, 0.3) is 5.91 Å². The van der Waals surface area contributed by atoms with Crippen molar-refractivity contribution in [2.24, 2.45) is 0 Å². The van der Waals surface area contributed by atoms with Crippen LogP contribution in [0.4, 0.5) is 5.69 Å². The lowest BCUT2D eigenvalue weighted by atomic mass is 10.1. The lowest BCUT2D eigenvalue weighted by Gasteiger charge is -2.19. The van der Waals surface area contributed by atoms with Crippen molar-refractivity contribution in [3.05, 3.63) is 95.1 Å². The van der Waals surface area contributed by atoms with Gasteiger partial charge in [-0.3, -0.25) is 4.79 Å². The van der Waals surface area contributed by atoms with Crippen molar-refractivity contribution in [3.8, 4) is 5.75 Å². The lowest BCUT2D eigenvalue weighted by molar-refractivity contribution is -0.125. The van der Waals surface area contributed by atoms with Gasteiger partial charge in [-0.15, -0.1) is 0 Å². The van der Waals surface area contributed by atoms with Gasteiger partial charge in [-0.2, -0.15) is 0 Å². The smallest absolute Gasteiger partial charge is 0.339 e. The first-order valence-corrected chi connectivity index (χ1v) is 9.26. The number of anilines is 1. The first kappa shape index (κ1) is 20.1. The molecule has 0 aromatic heterocycles. The van der Waals surface area contributed by atoms with E-state index in [1.807, 2.05) is 32.0 Å². The normalized spacial score (nSPS) is 11.4. The Morgan fingerprint density at radius 2 is 1.59 bits per heavy atom. The molecule has 5 heteroatoms. The molecule has 0 aliphatic carbocycles. The Morgan fingerprint density at radius 1 is 0.862 bits per heavy atom. The van der Waals surface area contributed by atoms with Gasteiger partial charge >= 0.3 is 5.97 Å². The molecule has 5 nitrogen and oxygen atoms in total. The average Bonchev–Trinajstić information content (AvgIpc) is 2.72. The van der Waals surface area contributed by atoms with Crippen molar-refractivity contribution >= 4 is 17.6 Å². The number of esters is 1. The third-order valence-corrected chi connectivity index (χ3v) is 4.43. The van der Waals surface area contributed by atoms with E-state index in [0.29, 0.717) is 22.6 Å². The predicted molar refractivity (Wildman–Crippen MR) is 112 cm³/mol. The molecule has 0 radical (unpaired) electrons. The zero-order valence-corrected chi connectivity index (χ0v) is 16.6. The van der Waals surface area contributed by atoms with Gasteiger partial charge in [0.05, 0.1) is 18.4 Å². The zero-order chi connectivity index (χ0) is 20.8. The van der Waals surface area contributed by atoms with Gasteiger partial charge in [0, 0.05) is 5.56 Å². The summed E-state index contributed by atoms with van der Waals surface area (Å²) in [4.78, 5) is 25.8. The van der Waals surface area contributed by atoms with Crippen molar-refractivity contribution in [3.63, 3.8) is 0 Å². The fourth-order valence-electron chi connectivity index (χ4n) is 2.97. The molecule has 0 bridgehead atoms. The second-order valence-electron chi connectivity index (χ2n) is 6.76. The number of amides is 1. The van der Waals surface area contributed by atoms with Gasteiger partial charge in [0.1, 0.15) is 5.75 Å². The van der Waals surface area contributed by atoms with E-state index in [9.17, 15) is 9.59 Å². The molecular formula is C24H23NO4. The third kappa shape index (κ3) is 5.02. The summed E-state index contributed by atoms with van der Waals surface area (Å²) in [5.41, 5.74) is 3.40. The predicted octanol–water partition coefficient (Wildman–Crippen LogP) is 4.85. The maximum atomic E-state index is 13.1. The maximum Gasteiger partial charge on any atom is 0.339 e.